The van der Waals surface area contributed by atoms with Crippen molar-refractivity contribution in [3.05, 3.63) is 24.6 Å². The van der Waals surface area contributed by atoms with Crippen LogP contribution in [0.3, 0.4) is 0 Å². The highest BCUT2D eigenvalue weighted by Crippen LogP contribution is 2.20. The fourth-order valence-corrected chi connectivity index (χ4v) is 1.68. The van der Waals surface area contributed by atoms with Gasteiger partial charge in [-0.2, -0.15) is 0 Å². The van der Waals surface area contributed by atoms with Gasteiger partial charge in [0.15, 0.2) is 12.0 Å². The van der Waals surface area contributed by atoms with E-state index in [1.807, 2.05) is 30.1 Å². The highest BCUT2D eigenvalue weighted by molar-refractivity contribution is 5.77. The molecule has 90 valence electrons. The number of hydrogen-bond donors (Lipinski definition) is 1. The Bertz CT molecular complexity index is 521. The molecular formula is C12H14N2O3. The van der Waals surface area contributed by atoms with Crippen molar-refractivity contribution < 1.29 is 14.3 Å². The number of carboxylic acids is 1. The van der Waals surface area contributed by atoms with Crippen LogP contribution in [-0.4, -0.2) is 29.7 Å². The van der Waals surface area contributed by atoms with Crippen molar-refractivity contribution in [3.8, 4) is 0 Å². The maximum atomic E-state index is 10.4. The van der Waals surface area contributed by atoms with Gasteiger partial charge in [0.25, 0.3) is 0 Å². The van der Waals surface area contributed by atoms with E-state index in [-0.39, 0.29) is 6.42 Å². The van der Waals surface area contributed by atoms with E-state index in [0.717, 1.165) is 16.8 Å². The minimum atomic E-state index is -0.760. The predicted octanol–water partition coefficient (Wildman–Crippen LogP) is 2.13. The van der Waals surface area contributed by atoms with Crippen molar-refractivity contribution in [1.82, 2.24) is 4.98 Å². The Morgan fingerprint density at radius 2 is 2.35 bits per heavy atom. The van der Waals surface area contributed by atoms with Gasteiger partial charge in [-0.15, -0.1) is 0 Å². The van der Waals surface area contributed by atoms with E-state index in [0.29, 0.717) is 13.0 Å². The van der Waals surface area contributed by atoms with Crippen molar-refractivity contribution in [2.24, 2.45) is 0 Å². The van der Waals surface area contributed by atoms with Crippen LogP contribution in [0.2, 0.25) is 0 Å². The van der Waals surface area contributed by atoms with Crippen molar-refractivity contribution in [2.75, 3.05) is 18.5 Å². The van der Waals surface area contributed by atoms with Crippen LogP contribution in [0.5, 0.6) is 0 Å². The minimum absolute atomic E-state index is 0.189. The standard InChI is InChI=1S/C12H14N2O3/c1-14(6-2-3-12(15)16)9-4-5-10-11(7-9)17-8-13-10/h4-5,7-8H,2-3,6H2,1H3,(H,15,16). The molecule has 2 rings (SSSR count). The van der Waals surface area contributed by atoms with Crippen LogP contribution in [0.4, 0.5) is 5.69 Å². The maximum Gasteiger partial charge on any atom is 0.303 e. The number of rotatable bonds is 5. The molecule has 0 aliphatic carbocycles. The number of aliphatic carboxylic acids is 1. The summed E-state index contributed by atoms with van der Waals surface area (Å²) in [7, 11) is 1.93. The zero-order valence-corrected chi connectivity index (χ0v) is 9.59. The molecule has 0 aliphatic heterocycles. The number of anilines is 1. The molecule has 0 unspecified atom stereocenters. The third kappa shape index (κ3) is 2.75. The first-order valence-corrected chi connectivity index (χ1v) is 5.43. The number of aromatic nitrogens is 1. The van der Waals surface area contributed by atoms with Gasteiger partial charge >= 0.3 is 5.97 Å². The van der Waals surface area contributed by atoms with Crippen LogP contribution >= 0.6 is 0 Å². The predicted molar refractivity (Wildman–Crippen MR) is 64.1 cm³/mol. The van der Waals surface area contributed by atoms with Gasteiger partial charge in [0.2, 0.25) is 0 Å². The van der Waals surface area contributed by atoms with Gasteiger partial charge in [-0.3, -0.25) is 4.79 Å². The van der Waals surface area contributed by atoms with Crippen molar-refractivity contribution >= 4 is 22.8 Å². The zero-order chi connectivity index (χ0) is 12.3. The molecule has 17 heavy (non-hydrogen) atoms. The summed E-state index contributed by atoms with van der Waals surface area (Å²) in [5, 5.41) is 8.57. The van der Waals surface area contributed by atoms with E-state index >= 15 is 0 Å². The molecule has 5 heteroatoms. The SMILES string of the molecule is CN(CCCC(=O)O)c1ccc2ncoc2c1. The highest BCUT2D eigenvalue weighted by atomic mass is 16.4. The summed E-state index contributed by atoms with van der Waals surface area (Å²) in [5.41, 5.74) is 2.57. The molecule has 1 N–H and O–H groups in total. The molecule has 1 aromatic heterocycles. The molecular weight excluding hydrogens is 220 g/mol. The maximum absolute atomic E-state index is 10.4. The monoisotopic (exact) mass is 234 g/mol. The molecule has 5 nitrogen and oxygen atoms in total. The van der Waals surface area contributed by atoms with Gasteiger partial charge in [0.1, 0.15) is 5.52 Å². The number of carboxylic acid groups (broad SMARTS) is 1. The minimum Gasteiger partial charge on any atom is -0.481 e. The first-order chi connectivity index (χ1) is 8.16. The van der Waals surface area contributed by atoms with Gasteiger partial charge in [0.05, 0.1) is 0 Å². The first kappa shape index (κ1) is 11.4. The lowest BCUT2D eigenvalue weighted by molar-refractivity contribution is -0.137. The third-order valence-electron chi connectivity index (χ3n) is 2.64. The second kappa shape index (κ2) is 4.86. The zero-order valence-electron chi connectivity index (χ0n) is 9.59. The number of oxazole rings is 1. The average Bonchev–Trinajstić information content (AvgIpc) is 2.75. The van der Waals surface area contributed by atoms with Crippen LogP contribution in [-0.2, 0) is 4.79 Å². The number of nitrogens with zero attached hydrogens (tertiary/aromatic N) is 2. The van der Waals surface area contributed by atoms with E-state index < -0.39 is 5.97 Å². The normalized spacial score (nSPS) is 10.6. The first-order valence-electron chi connectivity index (χ1n) is 5.43. The lowest BCUT2D eigenvalue weighted by atomic mass is 10.2. The highest BCUT2D eigenvalue weighted by Gasteiger charge is 2.05. The molecule has 1 aromatic carbocycles. The van der Waals surface area contributed by atoms with Gasteiger partial charge in [-0.25, -0.2) is 4.98 Å². The Morgan fingerprint density at radius 3 is 3.12 bits per heavy atom. The average molecular weight is 234 g/mol. The quantitative estimate of drug-likeness (QED) is 0.858. The fourth-order valence-electron chi connectivity index (χ4n) is 1.68. The summed E-state index contributed by atoms with van der Waals surface area (Å²) in [4.78, 5) is 16.5. The van der Waals surface area contributed by atoms with E-state index in [9.17, 15) is 4.79 Å². The molecule has 0 saturated carbocycles. The Balaban J connectivity index is 2.02. The van der Waals surface area contributed by atoms with Gasteiger partial charge in [0, 0.05) is 31.8 Å². The molecule has 2 aromatic rings. The summed E-state index contributed by atoms with van der Waals surface area (Å²) in [6.07, 6.45) is 2.23. The second-order valence-corrected chi connectivity index (χ2v) is 3.92. The number of carbonyl (C=O) groups is 1. The summed E-state index contributed by atoms with van der Waals surface area (Å²) >= 11 is 0. The lowest BCUT2D eigenvalue weighted by Crippen LogP contribution is -2.19. The van der Waals surface area contributed by atoms with Crippen molar-refractivity contribution in [2.45, 2.75) is 12.8 Å². The molecule has 0 aliphatic rings. The van der Waals surface area contributed by atoms with Gasteiger partial charge < -0.3 is 14.4 Å². The summed E-state index contributed by atoms with van der Waals surface area (Å²) in [6, 6.07) is 5.75. The molecule has 0 amide bonds. The van der Waals surface area contributed by atoms with E-state index in [4.69, 9.17) is 9.52 Å². The topological polar surface area (TPSA) is 66.6 Å². The Morgan fingerprint density at radius 1 is 1.53 bits per heavy atom. The van der Waals surface area contributed by atoms with Crippen LogP contribution in [0, 0.1) is 0 Å². The lowest BCUT2D eigenvalue weighted by Gasteiger charge is -2.18. The summed E-state index contributed by atoms with van der Waals surface area (Å²) < 4.78 is 5.22. The van der Waals surface area contributed by atoms with Crippen molar-refractivity contribution in [3.63, 3.8) is 0 Å². The summed E-state index contributed by atoms with van der Waals surface area (Å²) in [5.74, 6) is -0.760. The Hall–Kier alpha value is -2.04. The third-order valence-corrected chi connectivity index (χ3v) is 2.64. The van der Waals surface area contributed by atoms with E-state index in [1.165, 1.54) is 6.39 Å². The van der Waals surface area contributed by atoms with Crippen LogP contribution in [0.25, 0.3) is 11.1 Å². The molecule has 0 saturated heterocycles. The number of benzene rings is 1. The smallest absolute Gasteiger partial charge is 0.303 e. The fraction of sp³-hybridized carbons (Fsp3) is 0.333. The van der Waals surface area contributed by atoms with Gasteiger partial charge in [-0.1, -0.05) is 0 Å². The van der Waals surface area contributed by atoms with Gasteiger partial charge in [-0.05, 0) is 18.6 Å². The van der Waals surface area contributed by atoms with Crippen LogP contribution in [0.1, 0.15) is 12.8 Å². The number of hydrogen-bond acceptors (Lipinski definition) is 4. The van der Waals surface area contributed by atoms with Crippen molar-refractivity contribution in [1.29, 1.82) is 0 Å². The van der Waals surface area contributed by atoms with Crippen LogP contribution < -0.4 is 4.90 Å². The van der Waals surface area contributed by atoms with E-state index in [1.54, 1.807) is 0 Å². The summed E-state index contributed by atoms with van der Waals surface area (Å²) in [6.45, 7) is 0.700. The molecule has 0 bridgehead atoms. The molecule has 1 heterocycles. The Labute approximate surface area is 98.7 Å². The second-order valence-electron chi connectivity index (χ2n) is 3.92. The largest absolute Gasteiger partial charge is 0.481 e. The molecule has 0 spiro atoms. The number of fused-ring (bicyclic) bond motifs is 1. The molecule has 0 atom stereocenters. The molecule has 0 radical (unpaired) electrons. The molecule has 0 fully saturated rings. The van der Waals surface area contributed by atoms with E-state index in [2.05, 4.69) is 4.98 Å². The van der Waals surface area contributed by atoms with Crippen LogP contribution in [0.15, 0.2) is 29.0 Å². The Kier molecular flexibility index (Phi) is 3.27.